The molecule has 3 N–H and O–H groups in total. The molecule has 3 nitrogen and oxygen atoms in total. The van der Waals surface area contributed by atoms with Crippen molar-refractivity contribution in [3.05, 3.63) is 23.5 Å². The molecule has 0 spiro atoms. The summed E-state index contributed by atoms with van der Waals surface area (Å²) in [5.41, 5.74) is 8.81. The van der Waals surface area contributed by atoms with E-state index in [1.165, 1.54) is 0 Å². The van der Waals surface area contributed by atoms with Crippen molar-refractivity contribution >= 4 is 5.69 Å². The lowest BCUT2D eigenvalue weighted by Gasteiger charge is -2.21. The molecule has 0 atom stereocenters. The second-order valence-electron chi connectivity index (χ2n) is 4.63. The first-order chi connectivity index (χ1) is 6.38. The third kappa shape index (κ3) is 3.34. The number of nitrogens with two attached hydrogens (primary N) is 1. The molecule has 0 aliphatic carbocycles. The maximum absolute atomic E-state index is 5.87. The van der Waals surface area contributed by atoms with E-state index in [4.69, 9.17) is 5.73 Å². The van der Waals surface area contributed by atoms with Gasteiger partial charge in [0.05, 0.1) is 0 Å². The molecular weight excluding hydrogens is 174 g/mol. The van der Waals surface area contributed by atoms with Crippen molar-refractivity contribution in [1.29, 1.82) is 0 Å². The Morgan fingerprint density at radius 2 is 2.07 bits per heavy atom. The number of rotatable bonds is 2. The summed E-state index contributed by atoms with van der Waals surface area (Å²) >= 11 is 0. The van der Waals surface area contributed by atoms with Crippen molar-refractivity contribution in [3.63, 3.8) is 0 Å². The Hall–Kier alpha value is -1.09. The summed E-state index contributed by atoms with van der Waals surface area (Å²) in [6, 6.07) is 1.90. The van der Waals surface area contributed by atoms with Crippen LogP contribution in [0, 0.1) is 6.92 Å². The number of pyridine rings is 1. The van der Waals surface area contributed by atoms with Crippen molar-refractivity contribution < 1.29 is 0 Å². The van der Waals surface area contributed by atoms with Crippen LogP contribution >= 0.6 is 0 Å². The molecule has 3 heteroatoms. The van der Waals surface area contributed by atoms with Gasteiger partial charge in [0.1, 0.15) is 0 Å². The summed E-state index contributed by atoms with van der Waals surface area (Å²) in [7, 11) is 0. The number of hydrogen-bond donors (Lipinski definition) is 2. The molecule has 0 saturated carbocycles. The molecule has 0 amide bonds. The van der Waals surface area contributed by atoms with Gasteiger partial charge in [0, 0.05) is 35.2 Å². The molecule has 1 aromatic rings. The molecular formula is C11H19N3. The van der Waals surface area contributed by atoms with Gasteiger partial charge >= 0.3 is 0 Å². The Kier molecular flexibility index (Phi) is 3.11. The van der Waals surface area contributed by atoms with E-state index in [9.17, 15) is 0 Å². The second kappa shape index (κ2) is 3.96. The molecule has 1 rings (SSSR count). The molecule has 0 saturated heterocycles. The molecule has 14 heavy (non-hydrogen) atoms. The van der Waals surface area contributed by atoms with Gasteiger partial charge in [-0.15, -0.1) is 0 Å². The normalized spacial score (nSPS) is 11.7. The number of nitrogens with zero attached hydrogens (tertiary/aromatic N) is 1. The van der Waals surface area contributed by atoms with E-state index in [2.05, 4.69) is 31.1 Å². The minimum absolute atomic E-state index is 0.108. The largest absolute Gasteiger partial charge is 0.398 e. The van der Waals surface area contributed by atoms with Gasteiger partial charge in [0.25, 0.3) is 0 Å². The van der Waals surface area contributed by atoms with Crippen LogP contribution in [0.4, 0.5) is 5.69 Å². The zero-order valence-electron chi connectivity index (χ0n) is 9.39. The summed E-state index contributed by atoms with van der Waals surface area (Å²) < 4.78 is 0. The van der Waals surface area contributed by atoms with E-state index in [0.717, 1.165) is 23.5 Å². The molecule has 0 radical (unpaired) electrons. The molecule has 0 aliphatic rings. The van der Waals surface area contributed by atoms with Gasteiger partial charge in [-0.05, 0) is 33.8 Å². The van der Waals surface area contributed by atoms with Gasteiger partial charge < -0.3 is 11.1 Å². The van der Waals surface area contributed by atoms with Crippen LogP contribution in [-0.2, 0) is 6.54 Å². The zero-order chi connectivity index (χ0) is 10.8. The Bertz CT molecular complexity index is 313. The Morgan fingerprint density at radius 3 is 2.57 bits per heavy atom. The highest BCUT2D eigenvalue weighted by molar-refractivity contribution is 5.46. The van der Waals surface area contributed by atoms with Crippen molar-refractivity contribution in [2.45, 2.75) is 39.8 Å². The number of hydrogen-bond acceptors (Lipinski definition) is 3. The lowest BCUT2D eigenvalue weighted by Crippen LogP contribution is -2.35. The molecule has 0 bridgehead atoms. The monoisotopic (exact) mass is 193 g/mol. The van der Waals surface area contributed by atoms with Crippen molar-refractivity contribution in [3.8, 4) is 0 Å². The number of nitrogen functional groups attached to an aromatic ring is 1. The topological polar surface area (TPSA) is 50.9 Å². The highest BCUT2D eigenvalue weighted by Gasteiger charge is 2.09. The molecule has 1 aromatic heterocycles. The molecule has 0 aliphatic heterocycles. The van der Waals surface area contributed by atoms with Crippen molar-refractivity contribution in [1.82, 2.24) is 10.3 Å². The van der Waals surface area contributed by atoms with Gasteiger partial charge in [-0.3, -0.25) is 4.98 Å². The molecule has 0 fully saturated rings. The Morgan fingerprint density at radius 1 is 1.43 bits per heavy atom. The van der Waals surface area contributed by atoms with Crippen LogP contribution in [-0.4, -0.2) is 10.5 Å². The van der Waals surface area contributed by atoms with Crippen molar-refractivity contribution in [2.75, 3.05) is 5.73 Å². The highest BCUT2D eigenvalue weighted by Crippen LogP contribution is 2.12. The van der Waals surface area contributed by atoms with Crippen LogP contribution in [0.15, 0.2) is 12.3 Å². The minimum atomic E-state index is 0.108. The van der Waals surface area contributed by atoms with Gasteiger partial charge in [-0.1, -0.05) is 0 Å². The number of anilines is 1. The fourth-order valence-corrected chi connectivity index (χ4v) is 1.12. The van der Waals surface area contributed by atoms with Gasteiger partial charge in [-0.25, -0.2) is 0 Å². The maximum Gasteiger partial charge on any atom is 0.0393 e. The van der Waals surface area contributed by atoms with Crippen molar-refractivity contribution in [2.24, 2.45) is 0 Å². The fraction of sp³-hybridized carbons (Fsp3) is 0.545. The predicted octanol–water partition coefficient (Wildman–Crippen LogP) is 1.86. The first-order valence-electron chi connectivity index (χ1n) is 4.84. The minimum Gasteiger partial charge on any atom is -0.398 e. The van der Waals surface area contributed by atoms with E-state index in [1.54, 1.807) is 0 Å². The van der Waals surface area contributed by atoms with Gasteiger partial charge in [0.2, 0.25) is 0 Å². The summed E-state index contributed by atoms with van der Waals surface area (Å²) in [6.45, 7) is 9.10. The number of aryl methyl sites for hydroxylation is 1. The molecule has 0 unspecified atom stereocenters. The van der Waals surface area contributed by atoms with Crippen LogP contribution in [0.3, 0.4) is 0 Å². The summed E-state index contributed by atoms with van der Waals surface area (Å²) in [5.74, 6) is 0. The smallest absolute Gasteiger partial charge is 0.0393 e. The van der Waals surface area contributed by atoms with Crippen LogP contribution < -0.4 is 11.1 Å². The van der Waals surface area contributed by atoms with Crippen LogP contribution in [0.1, 0.15) is 32.0 Å². The second-order valence-corrected chi connectivity index (χ2v) is 4.63. The van der Waals surface area contributed by atoms with E-state index in [1.807, 2.05) is 19.2 Å². The third-order valence-corrected chi connectivity index (χ3v) is 1.97. The quantitative estimate of drug-likeness (QED) is 0.753. The van der Waals surface area contributed by atoms with E-state index < -0.39 is 0 Å². The SMILES string of the molecule is Cc1cc(N)c(CNC(C)(C)C)cn1. The van der Waals surface area contributed by atoms with E-state index in [-0.39, 0.29) is 5.54 Å². The first kappa shape index (κ1) is 11.0. The summed E-state index contributed by atoms with van der Waals surface area (Å²) in [4.78, 5) is 4.22. The van der Waals surface area contributed by atoms with Crippen LogP contribution in [0.5, 0.6) is 0 Å². The van der Waals surface area contributed by atoms with Crippen LogP contribution in [0.2, 0.25) is 0 Å². The number of aromatic nitrogens is 1. The standard InChI is InChI=1S/C11H19N3/c1-8-5-10(12)9(6-13-8)7-14-11(2,3)4/h5-6,14H,7H2,1-4H3,(H2,12,13). The molecule has 0 aromatic carbocycles. The number of nitrogens with one attached hydrogen (secondary N) is 1. The Labute approximate surface area is 85.7 Å². The maximum atomic E-state index is 5.87. The van der Waals surface area contributed by atoms with E-state index >= 15 is 0 Å². The van der Waals surface area contributed by atoms with Crippen LogP contribution in [0.25, 0.3) is 0 Å². The Balaban J connectivity index is 2.68. The highest BCUT2D eigenvalue weighted by atomic mass is 14.9. The molecule has 1 heterocycles. The summed E-state index contributed by atoms with van der Waals surface area (Å²) in [6.07, 6.45) is 1.84. The van der Waals surface area contributed by atoms with Gasteiger partial charge in [-0.2, -0.15) is 0 Å². The molecule has 78 valence electrons. The average molecular weight is 193 g/mol. The zero-order valence-corrected chi connectivity index (χ0v) is 9.39. The first-order valence-corrected chi connectivity index (χ1v) is 4.84. The summed E-state index contributed by atoms with van der Waals surface area (Å²) in [5, 5.41) is 3.38. The predicted molar refractivity (Wildman–Crippen MR) is 60.0 cm³/mol. The lowest BCUT2D eigenvalue weighted by atomic mass is 10.1. The van der Waals surface area contributed by atoms with E-state index in [0.29, 0.717) is 0 Å². The van der Waals surface area contributed by atoms with Gasteiger partial charge in [0.15, 0.2) is 0 Å². The lowest BCUT2D eigenvalue weighted by molar-refractivity contribution is 0.424. The fourth-order valence-electron chi connectivity index (χ4n) is 1.12. The third-order valence-electron chi connectivity index (χ3n) is 1.97. The average Bonchev–Trinajstić information content (AvgIpc) is 2.00.